The van der Waals surface area contributed by atoms with Crippen molar-refractivity contribution in [3.63, 3.8) is 0 Å². The van der Waals surface area contributed by atoms with Gasteiger partial charge in [0.1, 0.15) is 6.04 Å². The summed E-state index contributed by atoms with van der Waals surface area (Å²) in [5, 5.41) is 6.31. The minimum Gasteiger partial charge on any atom is -0.467 e. The molecule has 7 aliphatic rings. The lowest BCUT2D eigenvalue weighted by Gasteiger charge is -2.57. The number of amides is 2. The van der Waals surface area contributed by atoms with Gasteiger partial charge < -0.3 is 15.4 Å². The molecule has 0 heterocycles. The average Bonchev–Trinajstić information content (AvgIpc) is 2.94. The summed E-state index contributed by atoms with van der Waals surface area (Å²) in [7, 11) is 1.32. The van der Waals surface area contributed by atoms with Crippen LogP contribution in [0.1, 0.15) is 79.5 Å². The minimum absolute atomic E-state index is 0.0318. The van der Waals surface area contributed by atoms with Crippen molar-refractivity contribution in [3.8, 4) is 0 Å². The first-order chi connectivity index (χ1) is 18.9. The number of esters is 1. The Balaban J connectivity index is 1.24. The molecule has 204 valence electrons. The number of hydrogen-bond donors (Lipinski definition) is 2. The van der Waals surface area contributed by atoms with E-state index in [2.05, 4.69) is 34.9 Å². The first-order valence-corrected chi connectivity index (χ1v) is 14.7. The zero-order valence-corrected chi connectivity index (χ0v) is 22.8. The van der Waals surface area contributed by atoms with Gasteiger partial charge >= 0.3 is 5.97 Å². The predicted molar refractivity (Wildman–Crippen MR) is 147 cm³/mol. The number of carbonyl (C=O) groups excluding carboxylic acids is 3. The van der Waals surface area contributed by atoms with Crippen LogP contribution in [0.4, 0.5) is 0 Å². The quantitative estimate of drug-likeness (QED) is 0.542. The molecule has 7 aliphatic carbocycles. The van der Waals surface area contributed by atoms with E-state index in [0.717, 1.165) is 40.0 Å². The molecule has 2 amide bonds. The number of hydrogen-bond acceptors (Lipinski definition) is 4. The Morgan fingerprint density at radius 2 is 1.23 bits per heavy atom. The number of rotatable bonds is 6. The van der Waals surface area contributed by atoms with E-state index in [1.165, 1.54) is 45.6 Å². The summed E-state index contributed by atoms with van der Waals surface area (Å²) in [6.45, 7) is 2.34. The molecule has 6 bridgehead atoms. The molecule has 0 saturated heterocycles. The van der Waals surface area contributed by atoms with Crippen LogP contribution < -0.4 is 10.6 Å². The topological polar surface area (TPSA) is 84.5 Å². The van der Waals surface area contributed by atoms with Gasteiger partial charge in [-0.05, 0) is 90.9 Å². The first-order valence-electron chi connectivity index (χ1n) is 14.7. The maximum absolute atomic E-state index is 14.3. The van der Waals surface area contributed by atoms with E-state index in [0.29, 0.717) is 6.54 Å². The van der Waals surface area contributed by atoms with Crippen LogP contribution in [0, 0.1) is 35.0 Å². The average molecular weight is 527 g/mol. The number of fused-ring (bicyclic) bond motifs is 1. The van der Waals surface area contributed by atoms with Gasteiger partial charge in [-0.1, -0.05) is 48.5 Å². The van der Waals surface area contributed by atoms with Gasteiger partial charge in [0.25, 0.3) is 0 Å². The highest BCUT2D eigenvalue weighted by Crippen LogP contribution is 2.61. The lowest BCUT2D eigenvalue weighted by Crippen LogP contribution is -2.56. The van der Waals surface area contributed by atoms with Gasteiger partial charge in [0, 0.05) is 18.4 Å². The summed E-state index contributed by atoms with van der Waals surface area (Å²) in [5.41, 5.74) is 4.71. The molecule has 6 nitrogen and oxygen atoms in total. The molecule has 0 unspecified atom stereocenters. The van der Waals surface area contributed by atoms with Gasteiger partial charge in [-0.2, -0.15) is 0 Å². The van der Waals surface area contributed by atoms with Crippen LogP contribution in [0.5, 0.6) is 0 Å². The first kappa shape index (κ1) is 24.9. The minimum atomic E-state index is -0.788. The Bertz CT molecular complexity index is 1250. The predicted octanol–water partition coefficient (Wildman–Crippen LogP) is 4.52. The molecule has 4 fully saturated rings. The number of benzene rings is 2. The normalized spacial score (nSPS) is 35.5. The zero-order valence-electron chi connectivity index (χ0n) is 22.8. The van der Waals surface area contributed by atoms with Crippen LogP contribution in [0.25, 0.3) is 0 Å². The van der Waals surface area contributed by atoms with Gasteiger partial charge in [-0.15, -0.1) is 0 Å². The van der Waals surface area contributed by atoms with Crippen LogP contribution in [-0.4, -0.2) is 37.5 Å². The van der Waals surface area contributed by atoms with E-state index in [9.17, 15) is 14.4 Å². The van der Waals surface area contributed by atoms with Gasteiger partial charge in [0.2, 0.25) is 11.8 Å². The lowest BCUT2D eigenvalue weighted by atomic mass is 9.49. The van der Waals surface area contributed by atoms with Crippen molar-refractivity contribution in [1.29, 1.82) is 0 Å². The lowest BCUT2D eigenvalue weighted by molar-refractivity contribution is -0.146. The van der Waals surface area contributed by atoms with E-state index in [1.807, 2.05) is 24.3 Å². The molecule has 2 N–H and O–H groups in total. The Kier molecular flexibility index (Phi) is 5.87. The second-order valence-corrected chi connectivity index (χ2v) is 13.2. The molecule has 0 aromatic heterocycles. The fourth-order valence-corrected chi connectivity index (χ4v) is 9.75. The van der Waals surface area contributed by atoms with Gasteiger partial charge in [-0.3, -0.25) is 9.59 Å². The Morgan fingerprint density at radius 3 is 1.67 bits per heavy atom. The largest absolute Gasteiger partial charge is 0.467 e. The fraction of sp³-hybridized carbons (Fsp3) is 0.545. The summed E-state index contributed by atoms with van der Waals surface area (Å²) in [6.07, 6.45) is 7.78. The smallest absolute Gasteiger partial charge is 0.328 e. The van der Waals surface area contributed by atoms with Gasteiger partial charge in [-0.25, -0.2) is 4.79 Å². The van der Waals surface area contributed by atoms with E-state index in [4.69, 9.17) is 4.74 Å². The molecule has 6 heteroatoms. The summed E-state index contributed by atoms with van der Waals surface area (Å²) >= 11 is 0. The molecule has 0 aliphatic heterocycles. The molecule has 39 heavy (non-hydrogen) atoms. The molecule has 9 rings (SSSR count). The molecular formula is C33H38N2O4. The van der Waals surface area contributed by atoms with E-state index >= 15 is 0 Å². The fourth-order valence-electron chi connectivity index (χ4n) is 9.75. The Morgan fingerprint density at radius 1 is 0.795 bits per heavy atom. The zero-order chi connectivity index (χ0) is 26.9. The molecule has 3 atom stereocenters. The van der Waals surface area contributed by atoms with E-state index in [1.54, 1.807) is 6.92 Å². The standard InChI is InChI=1S/C33H38N2O4/c1-18(32(38)39-2)35-31(37)29-27-24-9-5-3-7-22(24)26(23-8-4-6-10-25(23)27)28(29)30(36)34-17-33-14-19-11-20(15-33)13-21(12-19)16-33/h3-10,18-21,26-29H,11-17H2,1-2H3,(H,34,36)(H,35,37)/t18-,19?,20?,21?,26?,27?,28-,29+,33?/m0/s1. The van der Waals surface area contributed by atoms with Gasteiger partial charge in [0.15, 0.2) is 0 Å². The van der Waals surface area contributed by atoms with Crippen molar-refractivity contribution in [2.45, 2.75) is 63.3 Å². The SMILES string of the molecule is COC(=O)[C@H](C)NC(=O)[C@@H]1C2c3ccccc3C(c3ccccc32)[C@@H]1C(=O)NCC12CC3CC(CC(C3)C1)C2. The highest BCUT2D eigenvalue weighted by molar-refractivity contribution is 5.94. The molecule has 2 aromatic carbocycles. The summed E-state index contributed by atoms with van der Waals surface area (Å²) in [6, 6.07) is 15.7. The number of carbonyl (C=O) groups is 3. The van der Waals surface area contributed by atoms with Crippen LogP contribution in [0.15, 0.2) is 48.5 Å². The monoisotopic (exact) mass is 526 g/mol. The van der Waals surface area contributed by atoms with Gasteiger partial charge in [0.05, 0.1) is 18.9 Å². The van der Waals surface area contributed by atoms with Crippen molar-refractivity contribution in [2.75, 3.05) is 13.7 Å². The number of nitrogens with one attached hydrogen (secondary N) is 2. The summed E-state index contributed by atoms with van der Waals surface area (Å²) < 4.78 is 4.87. The van der Waals surface area contributed by atoms with Crippen molar-refractivity contribution >= 4 is 17.8 Å². The number of ether oxygens (including phenoxy) is 1. The van der Waals surface area contributed by atoms with Crippen LogP contribution >= 0.6 is 0 Å². The molecule has 4 saturated carbocycles. The summed E-state index contributed by atoms with van der Waals surface area (Å²) in [4.78, 5) is 40.5. The Hall–Kier alpha value is -3.15. The van der Waals surface area contributed by atoms with E-state index < -0.39 is 23.8 Å². The third-order valence-corrected chi connectivity index (χ3v) is 10.8. The second-order valence-electron chi connectivity index (χ2n) is 13.2. The third kappa shape index (κ3) is 3.93. The van der Waals surface area contributed by atoms with E-state index in [-0.39, 0.29) is 29.1 Å². The third-order valence-electron chi connectivity index (χ3n) is 10.8. The highest BCUT2D eigenvalue weighted by atomic mass is 16.5. The molecule has 0 spiro atoms. The molecule has 0 radical (unpaired) electrons. The van der Waals surface area contributed by atoms with Crippen molar-refractivity contribution < 1.29 is 19.1 Å². The van der Waals surface area contributed by atoms with Crippen LogP contribution in [0.2, 0.25) is 0 Å². The van der Waals surface area contributed by atoms with Crippen LogP contribution in [0.3, 0.4) is 0 Å². The maximum atomic E-state index is 14.3. The summed E-state index contributed by atoms with van der Waals surface area (Å²) in [5.74, 6) is 0.0561. The molecule has 2 aromatic rings. The van der Waals surface area contributed by atoms with Crippen molar-refractivity contribution in [1.82, 2.24) is 10.6 Å². The Labute approximate surface area is 230 Å². The molecular weight excluding hydrogens is 488 g/mol. The number of methoxy groups -OCH3 is 1. The van der Waals surface area contributed by atoms with Crippen molar-refractivity contribution in [2.24, 2.45) is 35.0 Å². The van der Waals surface area contributed by atoms with Crippen LogP contribution in [-0.2, 0) is 19.1 Å². The maximum Gasteiger partial charge on any atom is 0.328 e. The highest BCUT2D eigenvalue weighted by Gasteiger charge is 2.56. The van der Waals surface area contributed by atoms with Crippen molar-refractivity contribution in [3.05, 3.63) is 70.8 Å². The second kappa shape index (κ2) is 9.21.